The van der Waals surface area contributed by atoms with E-state index in [4.69, 9.17) is 0 Å². The van der Waals surface area contributed by atoms with Crippen molar-refractivity contribution in [1.29, 1.82) is 0 Å². The van der Waals surface area contributed by atoms with Gasteiger partial charge in [-0.05, 0) is 43.9 Å². The Morgan fingerprint density at radius 1 is 1.21 bits per heavy atom. The Morgan fingerprint density at radius 2 is 1.89 bits per heavy atom. The predicted molar refractivity (Wildman–Crippen MR) is 79.0 cm³/mol. The van der Waals surface area contributed by atoms with E-state index < -0.39 is 7.14 Å². The summed E-state index contributed by atoms with van der Waals surface area (Å²) in [4.78, 5) is 0. The number of benzene rings is 1. The maximum atomic E-state index is 13.6. The molecule has 3 nitrogen and oxygen atoms in total. The third-order valence-corrected chi connectivity index (χ3v) is 8.77. The van der Waals surface area contributed by atoms with Crippen LogP contribution >= 0.6 is 7.14 Å². The summed E-state index contributed by atoms with van der Waals surface area (Å²) >= 11 is 0. The fourth-order valence-corrected chi connectivity index (χ4v) is 7.80. The van der Waals surface area contributed by atoms with Gasteiger partial charge in [0.25, 0.3) is 0 Å². The lowest BCUT2D eigenvalue weighted by molar-refractivity contribution is 0.462. The minimum Gasteiger partial charge on any atom is -0.508 e. The lowest BCUT2D eigenvalue weighted by Crippen LogP contribution is -2.19. The fraction of sp³-hybridized carbons (Fsp3) is 0.600. The summed E-state index contributed by atoms with van der Waals surface area (Å²) in [5.74, 6) is 0.155. The van der Waals surface area contributed by atoms with E-state index in [-0.39, 0.29) is 22.8 Å². The molecule has 0 saturated carbocycles. The SMILES string of the molecule is CCCC1CCC(CC)P1(=O)c1cc(O)ccc1O. The van der Waals surface area contributed by atoms with Crippen molar-refractivity contribution < 1.29 is 14.8 Å². The highest BCUT2D eigenvalue weighted by Crippen LogP contribution is 2.65. The van der Waals surface area contributed by atoms with E-state index in [2.05, 4.69) is 13.8 Å². The standard InChI is InChI=1S/C15H23O3P/c1-3-5-13-8-7-12(4-2)19(13,18)15-10-11(16)6-9-14(15)17/h6,9-10,12-13,16-17H,3-5,7-8H2,1-2H3. The van der Waals surface area contributed by atoms with Crippen LogP contribution in [0.1, 0.15) is 46.0 Å². The molecule has 1 fully saturated rings. The summed E-state index contributed by atoms with van der Waals surface area (Å²) < 4.78 is 13.6. The molecule has 3 atom stereocenters. The molecule has 1 aromatic rings. The van der Waals surface area contributed by atoms with Crippen molar-refractivity contribution in [2.45, 2.75) is 57.3 Å². The van der Waals surface area contributed by atoms with E-state index >= 15 is 0 Å². The van der Waals surface area contributed by atoms with Gasteiger partial charge in [0.2, 0.25) is 0 Å². The average Bonchev–Trinajstić information content (AvgIpc) is 2.71. The van der Waals surface area contributed by atoms with Crippen LogP contribution in [0.5, 0.6) is 11.5 Å². The minimum absolute atomic E-state index is 0.0718. The Morgan fingerprint density at radius 3 is 2.53 bits per heavy atom. The van der Waals surface area contributed by atoms with Gasteiger partial charge in [-0.1, -0.05) is 20.3 Å². The molecular formula is C15H23O3P. The topological polar surface area (TPSA) is 57.5 Å². The van der Waals surface area contributed by atoms with Crippen molar-refractivity contribution >= 4 is 12.4 Å². The van der Waals surface area contributed by atoms with Gasteiger partial charge in [0.1, 0.15) is 18.6 Å². The molecule has 0 aromatic heterocycles. The van der Waals surface area contributed by atoms with Crippen LogP contribution in [-0.2, 0) is 4.57 Å². The predicted octanol–water partition coefficient (Wildman–Crippen LogP) is 3.83. The Bertz CT molecular complexity index is 498. The van der Waals surface area contributed by atoms with Crippen LogP contribution < -0.4 is 5.30 Å². The molecule has 1 heterocycles. The third-order valence-electron chi connectivity index (χ3n) is 4.35. The molecule has 1 saturated heterocycles. The largest absolute Gasteiger partial charge is 0.508 e. The van der Waals surface area contributed by atoms with Crippen LogP contribution in [0.25, 0.3) is 0 Å². The maximum Gasteiger partial charge on any atom is 0.126 e. The second-order valence-corrected chi connectivity index (χ2v) is 8.83. The molecule has 1 aromatic carbocycles. The lowest BCUT2D eigenvalue weighted by Gasteiger charge is -2.26. The van der Waals surface area contributed by atoms with Crippen LogP contribution in [0.2, 0.25) is 0 Å². The zero-order valence-corrected chi connectivity index (χ0v) is 12.6. The smallest absolute Gasteiger partial charge is 0.126 e. The molecule has 2 rings (SSSR count). The summed E-state index contributed by atoms with van der Waals surface area (Å²) in [5.41, 5.74) is 0.312. The molecule has 1 aliphatic rings. The van der Waals surface area contributed by atoms with Crippen LogP contribution in [0, 0.1) is 0 Å². The van der Waals surface area contributed by atoms with Gasteiger partial charge in [0.05, 0.1) is 5.30 Å². The first-order chi connectivity index (χ1) is 9.03. The third kappa shape index (κ3) is 2.41. The molecule has 106 valence electrons. The van der Waals surface area contributed by atoms with Crippen molar-refractivity contribution in [2.24, 2.45) is 0 Å². The van der Waals surface area contributed by atoms with Crippen molar-refractivity contribution in [2.75, 3.05) is 0 Å². The monoisotopic (exact) mass is 282 g/mol. The number of hydrogen-bond acceptors (Lipinski definition) is 3. The zero-order valence-electron chi connectivity index (χ0n) is 11.7. The van der Waals surface area contributed by atoms with E-state index in [1.165, 1.54) is 18.2 Å². The van der Waals surface area contributed by atoms with E-state index in [0.29, 0.717) is 5.30 Å². The van der Waals surface area contributed by atoms with E-state index in [1.54, 1.807) is 0 Å². The Hall–Kier alpha value is -0.950. The minimum atomic E-state index is -2.63. The highest BCUT2D eigenvalue weighted by molar-refractivity contribution is 7.73. The Labute approximate surface area is 115 Å². The van der Waals surface area contributed by atoms with Crippen molar-refractivity contribution in [3.8, 4) is 11.5 Å². The number of rotatable bonds is 4. The van der Waals surface area contributed by atoms with Gasteiger partial charge in [0.15, 0.2) is 0 Å². The summed E-state index contributed by atoms with van der Waals surface area (Å²) in [6.07, 6.45) is 4.74. The van der Waals surface area contributed by atoms with Crippen LogP contribution in [0.4, 0.5) is 0 Å². The first-order valence-corrected chi connectivity index (χ1v) is 9.00. The first-order valence-electron chi connectivity index (χ1n) is 7.16. The second kappa shape index (κ2) is 5.58. The molecule has 19 heavy (non-hydrogen) atoms. The summed E-state index contributed by atoms with van der Waals surface area (Å²) in [5, 5.41) is 20.2. The molecular weight excluding hydrogens is 259 g/mol. The highest BCUT2D eigenvalue weighted by atomic mass is 31.2. The summed E-state index contributed by atoms with van der Waals surface area (Å²) in [6.45, 7) is 4.16. The summed E-state index contributed by atoms with van der Waals surface area (Å²) in [7, 11) is -2.63. The molecule has 4 heteroatoms. The van der Waals surface area contributed by atoms with Crippen molar-refractivity contribution in [3.05, 3.63) is 18.2 Å². The van der Waals surface area contributed by atoms with Gasteiger partial charge in [-0.25, -0.2) is 0 Å². The van der Waals surface area contributed by atoms with Crippen LogP contribution in [0.3, 0.4) is 0 Å². The Balaban J connectivity index is 2.52. The van der Waals surface area contributed by atoms with Gasteiger partial charge in [0, 0.05) is 11.3 Å². The highest BCUT2D eigenvalue weighted by Gasteiger charge is 2.47. The van der Waals surface area contributed by atoms with Crippen molar-refractivity contribution in [3.63, 3.8) is 0 Å². The Kier molecular flexibility index (Phi) is 4.25. The molecule has 0 radical (unpaired) electrons. The van der Waals surface area contributed by atoms with E-state index in [9.17, 15) is 14.8 Å². The molecule has 0 spiro atoms. The lowest BCUT2D eigenvalue weighted by atomic mass is 10.1. The molecule has 3 unspecified atom stereocenters. The van der Waals surface area contributed by atoms with Crippen molar-refractivity contribution in [1.82, 2.24) is 0 Å². The molecule has 2 N–H and O–H groups in total. The number of phenolic OH excluding ortho intramolecular Hbond substituents is 2. The molecule has 0 bridgehead atoms. The van der Waals surface area contributed by atoms with Gasteiger partial charge >= 0.3 is 0 Å². The van der Waals surface area contributed by atoms with Crippen LogP contribution in [0.15, 0.2) is 18.2 Å². The number of phenols is 2. The van der Waals surface area contributed by atoms with E-state index in [0.717, 1.165) is 32.1 Å². The van der Waals surface area contributed by atoms with Gasteiger partial charge in [-0.3, -0.25) is 0 Å². The average molecular weight is 282 g/mol. The normalized spacial score (nSPS) is 30.6. The number of hydrogen-bond donors (Lipinski definition) is 2. The fourth-order valence-electron chi connectivity index (χ4n) is 3.40. The van der Waals surface area contributed by atoms with Gasteiger partial charge in [-0.15, -0.1) is 0 Å². The van der Waals surface area contributed by atoms with Gasteiger partial charge < -0.3 is 14.8 Å². The summed E-state index contributed by atoms with van der Waals surface area (Å²) in [6, 6.07) is 4.40. The number of aromatic hydroxyl groups is 2. The molecule has 0 aliphatic carbocycles. The van der Waals surface area contributed by atoms with Crippen LogP contribution in [-0.4, -0.2) is 21.5 Å². The quantitative estimate of drug-likeness (QED) is 0.652. The maximum absolute atomic E-state index is 13.6. The zero-order chi connectivity index (χ0) is 14.0. The molecule has 1 aliphatic heterocycles. The van der Waals surface area contributed by atoms with Gasteiger partial charge in [-0.2, -0.15) is 0 Å². The first kappa shape index (κ1) is 14.5. The molecule has 0 amide bonds. The second-order valence-electron chi connectivity index (χ2n) is 5.46. The van der Waals surface area contributed by atoms with E-state index in [1.807, 2.05) is 0 Å².